The van der Waals surface area contributed by atoms with Crippen molar-refractivity contribution in [2.45, 2.75) is 26.7 Å². The van der Waals surface area contributed by atoms with Gasteiger partial charge in [0.1, 0.15) is 0 Å². The van der Waals surface area contributed by atoms with Crippen LogP contribution in [-0.2, 0) is 6.42 Å². The third kappa shape index (κ3) is 2.80. The van der Waals surface area contributed by atoms with Crippen LogP contribution in [0.3, 0.4) is 0 Å². The number of nitrogens with two attached hydrogens (primary N) is 1. The molecule has 0 unspecified atom stereocenters. The number of benzene rings is 2. The predicted octanol–water partition coefficient (Wildman–Crippen LogP) is 3.86. The molecule has 0 saturated heterocycles. The minimum atomic E-state index is 0.751. The summed E-state index contributed by atoms with van der Waals surface area (Å²) in [5.74, 6) is 0. The highest BCUT2D eigenvalue weighted by Crippen LogP contribution is 2.26. The molecule has 0 saturated carbocycles. The summed E-state index contributed by atoms with van der Waals surface area (Å²) in [6.07, 6.45) is 2.10. The molecular formula is C17H21N. The third-order valence-corrected chi connectivity index (χ3v) is 3.49. The fourth-order valence-corrected chi connectivity index (χ4v) is 2.22. The van der Waals surface area contributed by atoms with Gasteiger partial charge in [-0.2, -0.15) is 0 Å². The van der Waals surface area contributed by atoms with Gasteiger partial charge in [0.05, 0.1) is 0 Å². The lowest BCUT2D eigenvalue weighted by Crippen LogP contribution is -2.01. The van der Waals surface area contributed by atoms with Crippen LogP contribution in [-0.4, -0.2) is 6.54 Å². The van der Waals surface area contributed by atoms with Gasteiger partial charge in [0.25, 0.3) is 0 Å². The second kappa shape index (κ2) is 5.83. The number of aryl methyl sites for hydroxylation is 3. The monoisotopic (exact) mass is 239 g/mol. The van der Waals surface area contributed by atoms with E-state index in [4.69, 9.17) is 5.73 Å². The normalized spacial score (nSPS) is 10.6. The van der Waals surface area contributed by atoms with E-state index in [0.29, 0.717) is 0 Å². The summed E-state index contributed by atoms with van der Waals surface area (Å²) in [7, 11) is 0. The molecule has 0 fully saturated rings. The van der Waals surface area contributed by atoms with Gasteiger partial charge in [-0.1, -0.05) is 42.5 Å². The van der Waals surface area contributed by atoms with Gasteiger partial charge < -0.3 is 5.73 Å². The van der Waals surface area contributed by atoms with Crippen LogP contribution < -0.4 is 5.73 Å². The van der Waals surface area contributed by atoms with E-state index in [0.717, 1.165) is 19.4 Å². The standard InChI is InChI=1S/C17H21N/c1-13-9-10-16(12-14(13)2)17-8-4-3-6-15(17)7-5-11-18/h3-4,6,8-10,12H,5,7,11,18H2,1-2H3. The summed E-state index contributed by atoms with van der Waals surface area (Å²) in [6.45, 7) is 5.07. The van der Waals surface area contributed by atoms with Crippen molar-refractivity contribution >= 4 is 0 Å². The molecule has 0 aromatic heterocycles. The Balaban J connectivity index is 2.39. The van der Waals surface area contributed by atoms with Gasteiger partial charge in [-0.15, -0.1) is 0 Å². The van der Waals surface area contributed by atoms with E-state index < -0.39 is 0 Å². The van der Waals surface area contributed by atoms with Crippen LogP contribution in [0.25, 0.3) is 11.1 Å². The molecule has 2 aromatic carbocycles. The van der Waals surface area contributed by atoms with E-state index in [1.165, 1.54) is 27.8 Å². The van der Waals surface area contributed by atoms with Gasteiger partial charge in [0.15, 0.2) is 0 Å². The molecule has 2 aromatic rings. The molecule has 1 nitrogen and oxygen atoms in total. The highest BCUT2D eigenvalue weighted by molar-refractivity contribution is 5.68. The van der Waals surface area contributed by atoms with E-state index >= 15 is 0 Å². The first-order valence-electron chi connectivity index (χ1n) is 6.58. The molecule has 0 aliphatic heterocycles. The van der Waals surface area contributed by atoms with E-state index in [1.54, 1.807) is 0 Å². The number of hydrogen-bond donors (Lipinski definition) is 1. The van der Waals surface area contributed by atoms with Crippen LogP contribution in [0.2, 0.25) is 0 Å². The Morgan fingerprint density at radius 2 is 1.72 bits per heavy atom. The molecule has 2 rings (SSSR count). The molecule has 18 heavy (non-hydrogen) atoms. The molecule has 0 atom stereocenters. The summed E-state index contributed by atoms with van der Waals surface area (Å²) < 4.78 is 0. The molecule has 0 aliphatic carbocycles. The summed E-state index contributed by atoms with van der Waals surface area (Å²) in [5.41, 5.74) is 12.4. The average molecular weight is 239 g/mol. The highest BCUT2D eigenvalue weighted by atomic mass is 14.5. The lowest BCUT2D eigenvalue weighted by Gasteiger charge is -2.11. The van der Waals surface area contributed by atoms with E-state index in [9.17, 15) is 0 Å². The van der Waals surface area contributed by atoms with E-state index in [-0.39, 0.29) is 0 Å². The highest BCUT2D eigenvalue weighted by Gasteiger charge is 2.05. The van der Waals surface area contributed by atoms with Crippen molar-refractivity contribution in [3.8, 4) is 11.1 Å². The van der Waals surface area contributed by atoms with Crippen LogP contribution in [0, 0.1) is 13.8 Å². The van der Waals surface area contributed by atoms with E-state index in [2.05, 4.69) is 56.3 Å². The molecule has 0 amide bonds. The van der Waals surface area contributed by atoms with Crippen molar-refractivity contribution in [1.82, 2.24) is 0 Å². The van der Waals surface area contributed by atoms with Crippen molar-refractivity contribution in [1.29, 1.82) is 0 Å². The quantitative estimate of drug-likeness (QED) is 0.861. The first-order chi connectivity index (χ1) is 8.72. The van der Waals surface area contributed by atoms with Crippen LogP contribution in [0.4, 0.5) is 0 Å². The minimum absolute atomic E-state index is 0.751. The maximum absolute atomic E-state index is 5.61. The first-order valence-corrected chi connectivity index (χ1v) is 6.58. The Labute approximate surface area is 110 Å². The average Bonchev–Trinajstić information content (AvgIpc) is 2.40. The van der Waals surface area contributed by atoms with Crippen LogP contribution in [0.15, 0.2) is 42.5 Å². The molecule has 0 bridgehead atoms. The van der Waals surface area contributed by atoms with Gasteiger partial charge in [-0.05, 0) is 61.1 Å². The van der Waals surface area contributed by atoms with Gasteiger partial charge >= 0.3 is 0 Å². The Bertz CT molecular complexity index is 529. The summed E-state index contributed by atoms with van der Waals surface area (Å²) in [5, 5.41) is 0. The van der Waals surface area contributed by atoms with Crippen molar-refractivity contribution < 1.29 is 0 Å². The zero-order chi connectivity index (χ0) is 13.0. The first kappa shape index (κ1) is 12.8. The van der Waals surface area contributed by atoms with Crippen molar-refractivity contribution in [2.75, 3.05) is 6.54 Å². The predicted molar refractivity (Wildman–Crippen MR) is 78.7 cm³/mol. The largest absolute Gasteiger partial charge is 0.330 e. The lowest BCUT2D eigenvalue weighted by molar-refractivity contribution is 0.834. The molecule has 2 N–H and O–H groups in total. The maximum Gasteiger partial charge on any atom is -0.00741 e. The van der Waals surface area contributed by atoms with Gasteiger partial charge in [0, 0.05) is 0 Å². The van der Waals surface area contributed by atoms with Crippen molar-refractivity contribution in [2.24, 2.45) is 5.73 Å². The van der Waals surface area contributed by atoms with Crippen LogP contribution in [0.5, 0.6) is 0 Å². The fourth-order valence-electron chi connectivity index (χ4n) is 2.22. The van der Waals surface area contributed by atoms with Crippen LogP contribution in [0.1, 0.15) is 23.1 Å². The fraction of sp³-hybridized carbons (Fsp3) is 0.294. The van der Waals surface area contributed by atoms with Gasteiger partial charge in [0.2, 0.25) is 0 Å². The Kier molecular flexibility index (Phi) is 4.16. The summed E-state index contributed by atoms with van der Waals surface area (Å²) in [4.78, 5) is 0. The Hall–Kier alpha value is -1.60. The molecule has 0 aliphatic rings. The molecule has 0 spiro atoms. The van der Waals surface area contributed by atoms with Crippen molar-refractivity contribution in [3.63, 3.8) is 0 Å². The molecule has 0 heterocycles. The summed E-state index contributed by atoms with van der Waals surface area (Å²) in [6, 6.07) is 15.3. The smallest absolute Gasteiger partial charge is 0.00741 e. The molecule has 94 valence electrons. The number of rotatable bonds is 4. The minimum Gasteiger partial charge on any atom is -0.330 e. The summed E-state index contributed by atoms with van der Waals surface area (Å²) >= 11 is 0. The second-order valence-corrected chi connectivity index (χ2v) is 4.85. The SMILES string of the molecule is Cc1ccc(-c2ccccc2CCCN)cc1C. The molecule has 0 radical (unpaired) electrons. The molecular weight excluding hydrogens is 218 g/mol. The zero-order valence-electron chi connectivity index (χ0n) is 11.2. The third-order valence-electron chi connectivity index (χ3n) is 3.49. The lowest BCUT2D eigenvalue weighted by atomic mass is 9.94. The number of hydrogen-bond acceptors (Lipinski definition) is 1. The second-order valence-electron chi connectivity index (χ2n) is 4.85. The van der Waals surface area contributed by atoms with E-state index in [1.807, 2.05) is 0 Å². The van der Waals surface area contributed by atoms with Crippen LogP contribution >= 0.6 is 0 Å². The van der Waals surface area contributed by atoms with Gasteiger partial charge in [-0.3, -0.25) is 0 Å². The van der Waals surface area contributed by atoms with Crippen molar-refractivity contribution in [3.05, 3.63) is 59.2 Å². The topological polar surface area (TPSA) is 26.0 Å². The molecule has 1 heteroatoms. The Morgan fingerprint density at radius 3 is 2.44 bits per heavy atom. The van der Waals surface area contributed by atoms with Gasteiger partial charge in [-0.25, -0.2) is 0 Å². The zero-order valence-corrected chi connectivity index (χ0v) is 11.2. The Morgan fingerprint density at radius 1 is 0.944 bits per heavy atom. The maximum atomic E-state index is 5.61.